The average molecular weight is 268 g/mol. The molecule has 4 heteroatoms. The Morgan fingerprint density at radius 2 is 1.60 bits per heavy atom. The predicted octanol–water partition coefficient (Wildman–Crippen LogP) is 1.26. The fraction of sp³-hybridized carbons (Fsp3) is 0. The minimum atomic E-state index is -2.41. The molecule has 1 aromatic rings. The van der Waals surface area contributed by atoms with Crippen molar-refractivity contribution < 1.29 is 8.42 Å². The predicted molar refractivity (Wildman–Crippen MR) is 47.7 cm³/mol. The lowest BCUT2D eigenvalue weighted by Crippen LogP contribution is -1.78. The van der Waals surface area contributed by atoms with Crippen LogP contribution >= 0.6 is 22.6 Å². The lowest BCUT2D eigenvalue weighted by Gasteiger charge is -1.88. The Bertz CT molecular complexity index is 281. The van der Waals surface area contributed by atoms with Gasteiger partial charge in [0, 0.05) is 3.57 Å². The van der Waals surface area contributed by atoms with Crippen molar-refractivity contribution in [3.05, 3.63) is 27.8 Å². The highest BCUT2D eigenvalue weighted by molar-refractivity contribution is 14.1. The SMILES string of the molecule is O=[SH](=O)c1ccc(I)cc1. The Kier molecular flexibility index (Phi) is 2.67. The first kappa shape index (κ1) is 8.00. The zero-order valence-electron chi connectivity index (χ0n) is 4.95. The number of halogens is 1. The van der Waals surface area contributed by atoms with E-state index in [1.165, 1.54) is 0 Å². The summed E-state index contributed by atoms with van der Waals surface area (Å²) in [5.41, 5.74) is 0. The second-order valence-electron chi connectivity index (χ2n) is 1.73. The van der Waals surface area contributed by atoms with Gasteiger partial charge in [0.2, 0.25) is 0 Å². The molecule has 0 atom stereocenters. The summed E-state index contributed by atoms with van der Waals surface area (Å²) in [6.07, 6.45) is 0. The number of rotatable bonds is 1. The third-order valence-corrected chi connectivity index (χ3v) is 2.48. The summed E-state index contributed by atoms with van der Waals surface area (Å²) < 4.78 is 21.7. The Balaban J connectivity index is 3.12. The van der Waals surface area contributed by atoms with Gasteiger partial charge in [0.05, 0.1) is 4.90 Å². The Morgan fingerprint density at radius 1 is 1.10 bits per heavy atom. The summed E-state index contributed by atoms with van der Waals surface area (Å²) in [6.45, 7) is 0. The van der Waals surface area contributed by atoms with Crippen molar-refractivity contribution >= 4 is 33.3 Å². The van der Waals surface area contributed by atoms with Crippen molar-refractivity contribution in [2.75, 3.05) is 0 Å². The standard InChI is InChI=1S/C6H5IO2S/c7-5-1-3-6(4-2-5)10(8)9/h1-4,10H. The lowest BCUT2D eigenvalue weighted by molar-refractivity contribution is 0.614. The molecule has 0 amide bonds. The van der Waals surface area contributed by atoms with Gasteiger partial charge in [0.1, 0.15) is 0 Å². The van der Waals surface area contributed by atoms with Crippen LogP contribution in [-0.2, 0) is 10.7 Å². The zero-order chi connectivity index (χ0) is 7.56. The van der Waals surface area contributed by atoms with E-state index in [4.69, 9.17) is 0 Å². The van der Waals surface area contributed by atoms with E-state index in [-0.39, 0.29) is 0 Å². The van der Waals surface area contributed by atoms with E-state index in [2.05, 4.69) is 22.6 Å². The first-order valence-corrected chi connectivity index (χ1v) is 4.86. The Labute approximate surface area is 74.4 Å². The summed E-state index contributed by atoms with van der Waals surface area (Å²) in [4.78, 5) is 0.371. The van der Waals surface area contributed by atoms with Crippen LogP contribution in [0, 0.1) is 3.57 Å². The number of hydrogen-bond donors (Lipinski definition) is 1. The van der Waals surface area contributed by atoms with Crippen LogP contribution in [0.4, 0.5) is 0 Å². The molecule has 2 nitrogen and oxygen atoms in total. The van der Waals surface area contributed by atoms with Crippen LogP contribution < -0.4 is 0 Å². The molecule has 54 valence electrons. The van der Waals surface area contributed by atoms with E-state index in [1.807, 2.05) is 0 Å². The molecule has 0 saturated heterocycles. The quantitative estimate of drug-likeness (QED) is 0.614. The van der Waals surface area contributed by atoms with Crippen molar-refractivity contribution in [2.24, 2.45) is 0 Å². The van der Waals surface area contributed by atoms with Crippen LogP contribution in [0.1, 0.15) is 0 Å². The molecule has 1 aromatic carbocycles. The van der Waals surface area contributed by atoms with Crippen LogP contribution in [0.25, 0.3) is 0 Å². The van der Waals surface area contributed by atoms with Crippen molar-refractivity contribution in [1.82, 2.24) is 0 Å². The molecule has 0 spiro atoms. The molecule has 0 aliphatic rings. The first-order valence-electron chi connectivity index (χ1n) is 2.60. The molecule has 0 saturated carbocycles. The molecule has 1 rings (SSSR count). The first-order chi connectivity index (χ1) is 4.70. The fourth-order valence-electron chi connectivity index (χ4n) is 0.563. The smallest absolute Gasteiger partial charge is 0.168 e. The van der Waals surface area contributed by atoms with Crippen molar-refractivity contribution in [3.8, 4) is 0 Å². The fourth-order valence-corrected chi connectivity index (χ4v) is 1.31. The highest BCUT2D eigenvalue weighted by Gasteiger charge is 1.91. The highest BCUT2D eigenvalue weighted by Crippen LogP contribution is 2.06. The van der Waals surface area contributed by atoms with Crippen LogP contribution in [0.15, 0.2) is 29.2 Å². The molecule has 0 N–H and O–H groups in total. The lowest BCUT2D eigenvalue weighted by atomic mass is 10.4. The molecule has 0 unspecified atom stereocenters. The summed E-state index contributed by atoms with van der Waals surface area (Å²) in [5.74, 6) is 0. The summed E-state index contributed by atoms with van der Waals surface area (Å²) in [6, 6.07) is 6.71. The molecule has 0 heterocycles. The topological polar surface area (TPSA) is 34.1 Å². The van der Waals surface area contributed by atoms with E-state index in [0.29, 0.717) is 4.90 Å². The number of thiol groups is 1. The molecule has 0 bridgehead atoms. The second kappa shape index (κ2) is 3.34. The monoisotopic (exact) mass is 268 g/mol. The maximum Gasteiger partial charge on any atom is 0.168 e. The van der Waals surface area contributed by atoms with Crippen LogP contribution in [0.3, 0.4) is 0 Å². The molecule has 10 heavy (non-hydrogen) atoms. The molecule has 0 aliphatic carbocycles. The maximum atomic E-state index is 10.3. The highest BCUT2D eigenvalue weighted by atomic mass is 127. The van der Waals surface area contributed by atoms with Gasteiger partial charge in [0.15, 0.2) is 10.7 Å². The molecule has 0 aliphatic heterocycles. The summed E-state index contributed by atoms with van der Waals surface area (Å²) in [7, 11) is -2.41. The minimum absolute atomic E-state index is 0.371. The van der Waals surface area contributed by atoms with E-state index in [1.54, 1.807) is 24.3 Å². The number of hydrogen-bond acceptors (Lipinski definition) is 2. The van der Waals surface area contributed by atoms with Gasteiger partial charge in [-0.15, -0.1) is 0 Å². The van der Waals surface area contributed by atoms with Crippen LogP contribution in [0.5, 0.6) is 0 Å². The molecular formula is C6H5IO2S. The van der Waals surface area contributed by atoms with Gasteiger partial charge in [-0.25, -0.2) is 8.42 Å². The molecule has 0 radical (unpaired) electrons. The number of benzene rings is 1. The zero-order valence-corrected chi connectivity index (χ0v) is 8.00. The van der Waals surface area contributed by atoms with Crippen LogP contribution in [0.2, 0.25) is 0 Å². The van der Waals surface area contributed by atoms with E-state index in [9.17, 15) is 8.42 Å². The van der Waals surface area contributed by atoms with E-state index >= 15 is 0 Å². The van der Waals surface area contributed by atoms with Gasteiger partial charge in [-0.2, -0.15) is 0 Å². The van der Waals surface area contributed by atoms with Crippen molar-refractivity contribution in [2.45, 2.75) is 4.90 Å². The molecule has 0 fully saturated rings. The van der Waals surface area contributed by atoms with Crippen molar-refractivity contribution in [3.63, 3.8) is 0 Å². The summed E-state index contributed by atoms with van der Waals surface area (Å²) >= 11 is 2.12. The third-order valence-electron chi connectivity index (χ3n) is 1.04. The Hall–Kier alpha value is -0.100. The maximum absolute atomic E-state index is 10.3. The van der Waals surface area contributed by atoms with Crippen LogP contribution in [-0.4, -0.2) is 8.42 Å². The van der Waals surface area contributed by atoms with Crippen molar-refractivity contribution in [1.29, 1.82) is 0 Å². The molecular weight excluding hydrogens is 263 g/mol. The van der Waals surface area contributed by atoms with Gasteiger partial charge in [-0.3, -0.25) is 0 Å². The third kappa shape index (κ3) is 1.95. The minimum Gasteiger partial charge on any atom is -0.227 e. The van der Waals surface area contributed by atoms with Gasteiger partial charge >= 0.3 is 0 Å². The Morgan fingerprint density at radius 3 is 2.00 bits per heavy atom. The van der Waals surface area contributed by atoms with Gasteiger partial charge in [-0.05, 0) is 46.9 Å². The second-order valence-corrected chi connectivity index (χ2v) is 4.01. The van der Waals surface area contributed by atoms with E-state index in [0.717, 1.165) is 3.57 Å². The summed E-state index contributed by atoms with van der Waals surface area (Å²) in [5, 5.41) is 0. The average Bonchev–Trinajstić information content (AvgIpc) is 1.88. The van der Waals surface area contributed by atoms with E-state index < -0.39 is 10.7 Å². The normalized spacial score (nSPS) is 10.2. The van der Waals surface area contributed by atoms with Gasteiger partial charge in [0.25, 0.3) is 0 Å². The van der Waals surface area contributed by atoms with Gasteiger partial charge < -0.3 is 0 Å². The molecule has 0 aromatic heterocycles. The largest absolute Gasteiger partial charge is 0.227 e. The van der Waals surface area contributed by atoms with Gasteiger partial charge in [-0.1, -0.05) is 0 Å².